The van der Waals surface area contributed by atoms with Crippen LogP contribution in [0, 0.1) is 12.7 Å². The molecular weight excluding hydrogens is 483 g/mol. The number of aromatic nitrogens is 3. The summed E-state index contributed by atoms with van der Waals surface area (Å²) in [5.74, 6) is -0.339. The van der Waals surface area contributed by atoms with E-state index in [2.05, 4.69) is 5.10 Å². The van der Waals surface area contributed by atoms with Crippen molar-refractivity contribution in [2.75, 3.05) is 18.1 Å². The molecule has 35 heavy (non-hydrogen) atoms. The molecule has 1 unspecified atom stereocenters. The standard InChI is InChI=1S/C26H23FN4O2S2/c1-16-20-13-23(34-25(20)31(29-16)14-17-8-10-18(27)11-9-17)24(32)30(15-19-5-4-12-33-19)26-28-21-6-2-3-7-22(21)35-26/h2-3,6-11,13,19H,4-5,12,14-15H2,1H3. The monoisotopic (exact) mass is 506 g/mol. The lowest BCUT2D eigenvalue weighted by atomic mass is 10.2. The Balaban J connectivity index is 1.35. The van der Waals surface area contributed by atoms with Crippen molar-refractivity contribution in [3.8, 4) is 0 Å². The maximum atomic E-state index is 13.9. The molecule has 2 aromatic carbocycles. The molecule has 5 aromatic rings. The first-order chi connectivity index (χ1) is 17.0. The van der Waals surface area contributed by atoms with Crippen LogP contribution in [0.5, 0.6) is 0 Å². The van der Waals surface area contributed by atoms with Gasteiger partial charge in [0.25, 0.3) is 5.91 Å². The van der Waals surface area contributed by atoms with Crippen molar-refractivity contribution in [3.05, 3.63) is 76.5 Å². The van der Waals surface area contributed by atoms with Gasteiger partial charge in [-0.2, -0.15) is 5.10 Å². The SMILES string of the molecule is Cc1nn(Cc2ccc(F)cc2)c2sc(C(=O)N(CC3CCCO3)c3nc4ccccc4s3)cc12. The molecule has 4 heterocycles. The van der Waals surface area contributed by atoms with Gasteiger partial charge in [0.05, 0.1) is 40.0 Å². The molecule has 0 N–H and O–H groups in total. The topological polar surface area (TPSA) is 60.2 Å². The Bertz CT molecular complexity index is 1480. The highest BCUT2D eigenvalue weighted by atomic mass is 32.1. The number of thiazole rings is 1. The van der Waals surface area contributed by atoms with Crippen LogP contribution in [0.15, 0.2) is 54.6 Å². The van der Waals surface area contributed by atoms with Crippen molar-refractivity contribution < 1.29 is 13.9 Å². The highest BCUT2D eigenvalue weighted by Crippen LogP contribution is 2.34. The highest BCUT2D eigenvalue weighted by Gasteiger charge is 2.29. The largest absolute Gasteiger partial charge is 0.376 e. The number of hydrogen-bond donors (Lipinski definition) is 0. The zero-order valence-corrected chi connectivity index (χ0v) is 20.7. The summed E-state index contributed by atoms with van der Waals surface area (Å²) in [6, 6.07) is 16.3. The van der Waals surface area contributed by atoms with E-state index in [1.807, 2.05) is 41.9 Å². The smallest absolute Gasteiger partial charge is 0.270 e. The second kappa shape index (κ2) is 9.14. The summed E-state index contributed by atoms with van der Waals surface area (Å²) in [5.41, 5.74) is 2.70. The number of ether oxygens (including phenoxy) is 1. The third-order valence-corrected chi connectivity index (χ3v) is 8.43. The van der Waals surface area contributed by atoms with Crippen molar-refractivity contribution in [3.63, 3.8) is 0 Å². The van der Waals surface area contributed by atoms with Gasteiger partial charge >= 0.3 is 0 Å². The first kappa shape index (κ1) is 22.3. The van der Waals surface area contributed by atoms with Gasteiger partial charge in [-0.15, -0.1) is 11.3 Å². The zero-order chi connectivity index (χ0) is 23.9. The average molecular weight is 507 g/mol. The molecule has 1 amide bonds. The Kier molecular flexibility index (Phi) is 5.83. The highest BCUT2D eigenvalue weighted by molar-refractivity contribution is 7.23. The molecule has 0 aliphatic carbocycles. The lowest BCUT2D eigenvalue weighted by molar-refractivity contribution is 0.0921. The van der Waals surface area contributed by atoms with Crippen LogP contribution < -0.4 is 4.90 Å². The van der Waals surface area contributed by atoms with E-state index in [0.29, 0.717) is 23.1 Å². The molecule has 0 saturated carbocycles. The van der Waals surface area contributed by atoms with Gasteiger partial charge in [0.15, 0.2) is 5.13 Å². The predicted octanol–water partition coefficient (Wildman–Crippen LogP) is 6.03. The third kappa shape index (κ3) is 4.35. The number of amides is 1. The summed E-state index contributed by atoms with van der Waals surface area (Å²) >= 11 is 2.96. The molecule has 1 saturated heterocycles. The normalized spacial score (nSPS) is 15.9. The van der Waals surface area contributed by atoms with Crippen LogP contribution in [-0.2, 0) is 11.3 Å². The molecular formula is C26H23FN4O2S2. The van der Waals surface area contributed by atoms with Crippen LogP contribution in [0.2, 0.25) is 0 Å². The summed E-state index contributed by atoms with van der Waals surface area (Å²) in [4.78, 5) is 22.0. The molecule has 6 rings (SSSR count). The summed E-state index contributed by atoms with van der Waals surface area (Å²) in [6.07, 6.45) is 1.96. The Morgan fingerprint density at radius 1 is 1.20 bits per heavy atom. The van der Waals surface area contributed by atoms with Crippen LogP contribution >= 0.6 is 22.7 Å². The number of aryl methyl sites for hydroxylation is 1. The number of para-hydroxylation sites is 1. The molecule has 1 aliphatic rings. The number of carbonyl (C=O) groups is 1. The van der Waals surface area contributed by atoms with Crippen LogP contribution in [0.3, 0.4) is 0 Å². The van der Waals surface area contributed by atoms with Gasteiger partial charge in [-0.3, -0.25) is 14.4 Å². The van der Waals surface area contributed by atoms with Gasteiger partial charge in [0.1, 0.15) is 10.6 Å². The second-order valence-electron chi connectivity index (χ2n) is 8.71. The van der Waals surface area contributed by atoms with Gasteiger partial charge in [-0.1, -0.05) is 35.6 Å². The molecule has 1 fully saturated rings. The molecule has 3 aromatic heterocycles. The Morgan fingerprint density at radius 3 is 2.80 bits per heavy atom. The molecule has 178 valence electrons. The summed E-state index contributed by atoms with van der Waals surface area (Å²) in [6.45, 7) is 3.67. The fraction of sp³-hybridized carbons (Fsp3) is 0.269. The summed E-state index contributed by atoms with van der Waals surface area (Å²) in [7, 11) is 0. The molecule has 0 bridgehead atoms. The number of benzene rings is 2. The lowest BCUT2D eigenvalue weighted by Crippen LogP contribution is -2.37. The number of halogens is 1. The Hall–Kier alpha value is -3.14. The fourth-order valence-electron chi connectivity index (χ4n) is 4.44. The number of anilines is 1. The predicted molar refractivity (Wildman–Crippen MR) is 138 cm³/mol. The summed E-state index contributed by atoms with van der Waals surface area (Å²) in [5, 5.41) is 6.31. The maximum absolute atomic E-state index is 13.9. The second-order valence-corrected chi connectivity index (χ2v) is 10.8. The van der Waals surface area contributed by atoms with Crippen LogP contribution in [0.4, 0.5) is 9.52 Å². The Labute approximate surface area is 209 Å². The minimum atomic E-state index is -0.263. The minimum absolute atomic E-state index is 0.0102. The summed E-state index contributed by atoms with van der Waals surface area (Å²) < 4.78 is 22.1. The van der Waals surface area contributed by atoms with Gasteiger partial charge in [-0.25, -0.2) is 9.37 Å². The van der Waals surface area contributed by atoms with E-state index >= 15 is 0 Å². The van der Waals surface area contributed by atoms with Gasteiger partial charge in [0.2, 0.25) is 0 Å². The van der Waals surface area contributed by atoms with Gasteiger partial charge in [0, 0.05) is 12.0 Å². The molecule has 0 radical (unpaired) electrons. The van der Waals surface area contributed by atoms with E-state index in [4.69, 9.17) is 9.72 Å². The number of thiophene rings is 1. The van der Waals surface area contributed by atoms with E-state index in [-0.39, 0.29) is 17.8 Å². The van der Waals surface area contributed by atoms with Gasteiger partial charge < -0.3 is 4.74 Å². The number of rotatable bonds is 6. The van der Waals surface area contributed by atoms with Crippen molar-refractivity contribution in [1.29, 1.82) is 0 Å². The molecule has 1 aliphatic heterocycles. The minimum Gasteiger partial charge on any atom is -0.376 e. The number of carbonyl (C=O) groups excluding carboxylic acids is 1. The first-order valence-electron chi connectivity index (χ1n) is 11.6. The molecule has 1 atom stereocenters. The van der Waals surface area contributed by atoms with Crippen LogP contribution in [-0.4, -0.2) is 39.9 Å². The van der Waals surface area contributed by atoms with Crippen LogP contribution in [0.1, 0.15) is 33.8 Å². The lowest BCUT2D eigenvalue weighted by Gasteiger charge is -2.22. The maximum Gasteiger partial charge on any atom is 0.270 e. The zero-order valence-electron chi connectivity index (χ0n) is 19.1. The third-order valence-electron chi connectivity index (χ3n) is 6.23. The number of nitrogens with zero attached hydrogens (tertiary/aromatic N) is 4. The van der Waals surface area contributed by atoms with E-state index in [1.165, 1.54) is 34.8 Å². The first-order valence-corrected chi connectivity index (χ1v) is 13.2. The van der Waals surface area contributed by atoms with Gasteiger partial charge in [-0.05, 0) is 55.7 Å². The Morgan fingerprint density at radius 2 is 2.03 bits per heavy atom. The van der Waals surface area contributed by atoms with Crippen LogP contribution in [0.25, 0.3) is 20.4 Å². The number of fused-ring (bicyclic) bond motifs is 2. The molecule has 9 heteroatoms. The van der Waals surface area contributed by atoms with E-state index in [0.717, 1.165) is 51.1 Å². The molecule has 6 nitrogen and oxygen atoms in total. The van der Waals surface area contributed by atoms with E-state index in [1.54, 1.807) is 17.0 Å². The average Bonchev–Trinajstić information content (AvgIpc) is 3.65. The van der Waals surface area contributed by atoms with E-state index < -0.39 is 0 Å². The van der Waals surface area contributed by atoms with Crippen molar-refractivity contribution in [1.82, 2.24) is 14.8 Å². The van der Waals surface area contributed by atoms with E-state index in [9.17, 15) is 9.18 Å². The van der Waals surface area contributed by atoms with Crippen molar-refractivity contribution in [2.45, 2.75) is 32.4 Å². The quantitative estimate of drug-likeness (QED) is 0.282. The number of hydrogen-bond acceptors (Lipinski definition) is 6. The molecule has 0 spiro atoms. The van der Waals surface area contributed by atoms with Crippen molar-refractivity contribution >= 4 is 54.1 Å². The van der Waals surface area contributed by atoms with Crippen molar-refractivity contribution in [2.24, 2.45) is 0 Å². The fourth-order valence-corrected chi connectivity index (χ4v) is 6.52.